The Labute approximate surface area is 241 Å². The van der Waals surface area contributed by atoms with Crippen LogP contribution in [0.3, 0.4) is 0 Å². The van der Waals surface area contributed by atoms with Crippen LogP contribution in [0.15, 0.2) is 35.4 Å². The van der Waals surface area contributed by atoms with Gasteiger partial charge >= 0.3 is 5.97 Å². The number of aliphatic hydroxyl groups excluding tert-OH is 3. The zero-order valence-corrected chi connectivity index (χ0v) is 23.5. The molecule has 4 rings (SSSR count). The van der Waals surface area contributed by atoms with E-state index in [0.29, 0.717) is 18.6 Å². The number of carboxylic acid groups (broad SMARTS) is 1. The summed E-state index contributed by atoms with van der Waals surface area (Å²) in [5.74, 6) is -3.20. The van der Waals surface area contributed by atoms with Crippen LogP contribution in [0.4, 0.5) is 0 Å². The molecule has 0 saturated carbocycles. The standard InChI is InChI=1S/C27H37N5O10/c1-26(2,28)24(39)29-15(12-41-23-19(35)17(33)18(34)20(42-23)22(37)38)21(36)32-10-9-16-27(13-32,25(40)31(3)30-16)11-14-7-5-4-6-8-14/h4-8,15,17-20,23,33-35H,9-13,28H2,1-3H3,(H,29,39)(H,37,38). The van der Waals surface area contributed by atoms with Crippen LogP contribution in [0.1, 0.15) is 25.8 Å². The van der Waals surface area contributed by atoms with Gasteiger partial charge in [0, 0.05) is 26.6 Å². The predicted molar refractivity (Wildman–Crippen MR) is 144 cm³/mol. The zero-order chi connectivity index (χ0) is 31.0. The number of likely N-dealkylation sites (tertiary alicyclic amines) is 1. The number of amides is 3. The lowest BCUT2D eigenvalue weighted by atomic mass is 9.73. The molecule has 3 amide bonds. The van der Waals surface area contributed by atoms with E-state index in [1.165, 1.54) is 23.8 Å². The Morgan fingerprint density at radius 3 is 2.48 bits per heavy atom. The highest BCUT2D eigenvalue weighted by Gasteiger charge is 2.54. The molecular formula is C27H37N5O10. The monoisotopic (exact) mass is 591 g/mol. The van der Waals surface area contributed by atoms with Crippen LogP contribution in [0, 0.1) is 5.41 Å². The fourth-order valence-electron chi connectivity index (χ4n) is 5.34. The molecule has 0 spiro atoms. The smallest absolute Gasteiger partial charge is 0.335 e. The van der Waals surface area contributed by atoms with E-state index in [-0.39, 0.29) is 19.0 Å². The SMILES string of the molecule is CN1N=C2CCN(C(=O)C(COC3OC(C(=O)O)C(O)C(O)C3O)NC(=O)C(C)(C)N)CC2(Cc2ccccc2)C1=O. The number of nitrogens with one attached hydrogen (secondary N) is 1. The van der Waals surface area contributed by atoms with Crippen molar-refractivity contribution in [3.05, 3.63) is 35.9 Å². The second-order valence-corrected chi connectivity index (χ2v) is 11.4. The Balaban J connectivity index is 1.57. The summed E-state index contributed by atoms with van der Waals surface area (Å²) in [5.41, 5.74) is 4.93. The average Bonchev–Trinajstić information content (AvgIpc) is 3.18. The number of hydrogen-bond acceptors (Lipinski definition) is 11. The molecule has 42 heavy (non-hydrogen) atoms. The van der Waals surface area contributed by atoms with Gasteiger partial charge in [0.25, 0.3) is 5.91 Å². The zero-order valence-electron chi connectivity index (χ0n) is 23.5. The largest absolute Gasteiger partial charge is 0.479 e. The Morgan fingerprint density at radius 2 is 1.86 bits per heavy atom. The molecule has 7 N–H and O–H groups in total. The van der Waals surface area contributed by atoms with E-state index in [0.717, 1.165) is 5.56 Å². The molecule has 230 valence electrons. The number of nitrogens with two attached hydrogens (primary N) is 1. The second kappa shape index (κ2) is 12.0. The maximum atomic E-state index is 13.9. The molecule has 3 aliphatic heterocycles. The number of hydrazone groups is 1. The molecular weight excluding hydrogens is 554 g/mol. The molecule has 0 aromatic heterocycles. The number of fused-ring (bicyclic) bond motifs is 1. The molecule has 7 unspecified atom stereocenters. The molecule has 15 heteroatoms. The number of carbonyl (C=O) groups is 4. The molecule has 0 radical (unpaired) electrons. The Bertz CT molecular complexity index is 1240. The quantitative estimate of drug-likeness (QED) is 0.175. The topological polar surface area (TPSA) is 225 Å². The van der Waals surface area contributed by atoms with Crippen LogP contribution in [-0.4, -0.2) is 129 Å². The minimum absolute atomic E-state index is 0.0321. The summed E-state index contributed by atoms with van der Waals surface area (Å²) in [6.07, 6.45) is -8.78. The summed E-state index contributed by atoms with van der Waals surface area (Å²) < 4.78 is 10.7. The first-order valence-corrected chi connectivity index (χ1v) is 13.5. The third-order valence-corrected chi connectivity index (χ3v) is 7.69. The van der Waals surface area contributed by atoms with Gasteiger partial charge in [-0.05, 0) is 25.8 Å². The minimum atomic E-state index is -1.93. The lowest BCUT2D eigenvalue weighted by Gasteiger charge is -2.41. The van der Waals surface area contributed by atoms with E-state index < -0.39 is 72.1 Å². The second-order valence-electron chi connectivity index (χ2n) is 11.4. The normalized spacial score (nSPS) is 30.4. The molecule has 3 aliphatic rings. The first kappa shape index (κ1) is 31.5. The molecule has 1 aromatic carbocycles. The number of hydrogen-bond donors (Lipinski definition) is 6. The number of nitrogens with zero attached hydrogens (tertiary/aromatic N) is 3. The van der Waals surface area contributed by atoms with Crippen LogP contribution in [0.2, 0.25) is 0 Å². The van der Waals surface area contributed by atoms with Crippen LogP contribution in [0.5, 0.6) is 0 Å². The van der Waals surface area contributed by atoms with Crippen molar-refractivity contribution in [3.63, 3.8) is 0 Å². The van der Waals surface area contributed by atoms with Gasteiger partial charge in [-0.15, -0.1) is 0 Å². The van der Waals surface area contributed by atoms with Gasteiger partial charge in [-0.2, -0.15) is 5.10 Å². The van der Waals surface area contributed by atoms with E-state index in [2.05, 4.69) is 10.4 Å². The molecule has 0 bridgehead atoms. The number of carbonyl (C=O) groups excluding carboxylic acids is 3. The maximum Gasteiger partial charge on any atom is 0.335 e. The minimum Gasteiger partial charge on any atom is -0.479 e. The van der Waals surface area contributed by atoms with Gasteiger partial charge in [-0.3, -0.25) is 14.4 Å². The first-order valence-electron chi connectivity index (χ1n) is 13.5. The molecule has 7 atom stereocenters. The number of aliphatic carboxylic acids is 1. The number of benzene rings is 1. The van der Waals surface area contributed by atoms with Gasteiger partial charge in [0.05, 0.1) is 17.9 Å². The van der Waals surface area contributed by atoms with Crippen molar-refractivity contribution in [1.29, 1.82) is 0 Å². The Morgan fingerprint density at radius 1 is 1.19 bits per heavy atom. The lowest BCUT2D eigenvalue weighted by Crippen LogP contribution is -2.63. The van der Waals surface area contributed by atoms with E-state index >= 15 is 0 Å². The van der Waals surface area contributed by atoms with E-state index in [9.17, 15) is 39.6 Å². The van der Waals surface area contributed by atoms with Crippen molar-refractivity contribution >= 4 is 29.4 Å². The van der Waals surface area contributed by atoms with E-state index in [1.807, 2.05) is 30.3 Å². The number of rotatable bonds is 9. The highest BCUT2D eigenvalue weighted by molar-refractivity contribution is 6.13. The third kappa shape index (κ3) is 6.16. The van der Waals surface area contributed by atoms with E-state index in [1.54, 1.807) is 7.05 Å². The first-order chi connectivity index (χ1) is 19.7. The van der Waals surface area contributed by atoms with E-state index in [4.69, 9.17) is 15.2 Å². The van der Waals surface area contributed by atoms with Crippen LogP contribution in [0.25, 0.3) is 0 Å². The highest BCUT2D eigenvalue weighted by Crippen LogP contribution is 2.38. The molecule has 2 fully saturated rings. The predicted octanol–water partition coefficient (Wildman–Crippen LogP) is -2.59. The highest BCUT2D eigenvalue weighted by atomic mass is 16.7. The van der Waals surface area contributed by atoms with Gasteiger partial charge in [0.2, 0.25) is 11.8 Å². The van der Waals surface area contributed by atoms with Crippen molar-refractivity contribution in [2.75, 3.05) is 26.7 Å². The number of ether oxygens (including phenoxy) is 2. The summed E-state index contributed by atoms with van der Waals surface area (Å²) in [7, 11) is 1.55. The third-order valence-electron chi connectivity index (χ3n) is 7.69. The summed E-state index contributed by atoms with van der Waals surface area (Å²) in [6.45, 7) is 2.39. The molecule has 2 saturated heterocycles. The Kier molecular flexibility index (Phi) is 9.01. The fraction of sp³-hybridized carbons (Fsp3) is 0.593. The van der Waals surface area contributed by atoms with Gasteiger partial charge in [0.15, 0.2) is 12.4 Å². The van der Waals surface area contributed by atoms with Crippen molar-refractivity contribution in [2.45, 2.75) is 69.0 Å². The fourth-order valence-corrected chi connectivity index (χ4v) is 5.34. The number of aliphatic hydroxyl groups is 3. The number of carboxylic acids is 1. The van der Waals surface area contributed by atoms with Gasteiger partial charge in [-0.25, -0.2) is 9.80 Å². The summed E-state index contributed by atoms with van der Waals surface area (Å²) in [6, 6.07) is 7.91. The number of piperidine rings is 1. The lowest BCUT2D eigenvalue weighted by molar-refractivity contribution is -0.294. The van der Waals surface area contributed by atoms with Crippen molar-refractivity contribution in [3.8, 4) is 0 Å². The maximum absolute atomic E-state index is 13.9. The van der Waals surface area contributed by atoms with Gasteiger partial charge < -0.3 is 45.9 Å². The summed E-state index contributed by atoms with van der Waals surface area (Å²) in [5, 5.41) is 47.9. The average molecular weight is 592 g/mol. The van der Waals surface area contributed by atoms with Crippen molar-refractivity contribution in [1.82, 2.24) is 15.2 Å². The molecule has 1 aromatic rings. The van der Waals surface area contributed by atoms with Gasteiger partial charge in [0.1, 0.15) is 29.8 Å². The molecule has 3 heterocycles. The molecule has 0 aliphatic carbocycles. The Hall–Kier alpha value is -3.47. The van der Waals surface area contributed by atoms with Crippen molar-refractivity contribution < 1.29 is 49.1 Å². The summed E-state index contributed by atoms with van der Waals surface area (Å²) in [4.78, 5) is 53.1. The van der Waals surface area contributed by atoms with Crippen LogP contribution in [-0.2, 0) is 35.1 Å². The van der Waals surface area contributed by atoms with Gasteiger partial charge in [-0.1, -0.05) is 30.3 Å². The van der Waals surface area contributed by atoms with Crippen LogP contribution < -0.4 is 11.1 Å². The summed E-state index contributed by atoms with van der Waals surface area (Å²) >= 11 is 0. The molecule has 15 nitrogen and oxygen atoms in total. The van der Waals surface area contributed by atoms with Crippen molar-refractivity contribution in [2.24, 2.45) is 16.3 Å². The van der Waals surface area contributed by atoms with Crippen LogP contribution >= 0.6 is 0 Å².